The number of nitrogens with one attached hydrogen (secondary N) is 1. The highest BCUT2D eigenvalue weighted by molar-refractivity contribution is 7.44. The van der Waals surface area contributed by atoms with Gasteiger partial charge in [-0.2, -0.15) is 5.26 Å². The lowest BCUT2D eigenvalue weighted by Gasteiger charge is -2.44. The first-order valence-corrected chi connectivity index (χ1v) is 27.2. The molecule has 3 aromatic carbocycles. The number of hydrogen-bond acceptors (Lipinski definition) is 15. The highest BCUT2D eigenvalue weighted by atomic mass is 31.2. The second kappa shape index (κ2) is 31.1. The Balaban J connectivity index is 1.21. The number of aromatic nitrogens is 3. The van der Waals surface area contributed by atoms with Gasteiger partial charge in [0, 0.05) is 39.1 Å². The average Bonchev–Trinajstić information content (AvgIpc) is 3.85. The molecule has 7 atom stereocenters. The normalized spacial score (nSPS) is 18.8. The number of amides is 1. The van der Waals surface area contributed by atoms with Crippen LogP contribution in [0.4, 0.5) is 0 Å². The van der Waals surface area contributed by atoms with E-state index in [0.29, 0.717) is 12.3 Å². The second-order valence-electron chi connectivity index (χ2n) is 19.4. The molecule has 2 heterocycles. The molecule has 18 heteroatoms. The largest absolute Gasteiger partial charge is 0.497 e. The van der Waals surface area contributed by atoms with E-state index in [1.165, 1.54) is 13.8 Å². The molecule has 1 aliphatic heterocycles. The molecule has 6 unspecified atom stereocenters. The number of carbonyl (C=O) groups is 2. The molecule has 0 saturated carbocycles. The van der Waals surface area contributed by atoms with E-state index in [0.717, 1.165) is 73.3 Å². The Bertz CT molecular complexity index is 2220. The fourth-order valence-electron chi connectivity index (χ4n) is 9.18. The summed E-state index contributed by atoms with van der Waals surface area (Å²) in [4.78, 5) is 23.5. The van der Waals surface area contributed by atoms with E-state index in [9.17, 15) is 14.9 Å². The van der Waals surface area contributed by atoms with Crippen LogP contribution < -0.4 is 14.8 Å². The summed E-state index contributed by atoms with van der Waals surface area (Å²) in [6.45, 7) is 17.5. The Morgan fingerprint density at radius 1 is 0.824 bits per heavy atom. The van der Waals surface area contributed by atoms with Crippen LogP contribution in [0.3, 0.4) is 0 Å². The zero-order valence-corrected chi connectivity index (χ0v) is 46.2. The lowest BCUT2D eigenvalue weighted by molar-refractivity contribution is -0.244. The van der Waals surface area contributed by atoms with Gasteiger partial charge in [-0.25, -0.2) is 4.67 Å². The van der Waals surface area contributed by atoms with Crippen LogP contribution in [0.25, 0.3) is 0 Å². The standard InChI is InChI=1S/C56H81N6O11P/c1-40(2)62(41(3)4)74(71-34-20-31-57)73-52(38-70-56(46-21-16-15-17-22-46,47-23-27-50(65-9)28-24-47)48-25-29-51(66-10)30-26-48)37-67-36-49-35-61(60-59-49)32-18-13-11-12-14-19-33-68-55-54(58-44(7)63)43(6)42(5)53(72-55)39-69-45(8)64/h15-17,21-30,35,40-43,52-55H,11-14,18-20,32-34,36-39H2,1-10H3,(H,58,63)/t42?,43?,52-,53?,54?,55?,74?/m0/s1. The summed E-state index contributed by atoms with van der Waals surface area (Å²) in [5.41, 5.74) is 2.29. The summed E-state index contributed by atoms with van der Waals surface area (Å²) >= 11 is 0. The maximum atomic E-state index is 12.0. The third kappa shape index (κ3) is 17.8. The number of rotatable bonds is 33. The number of esters is 1. The summed E-state index contributed by atoms with van der Waals surface area (Å²) in [6.07, 6.45) is 6.57. The quantitative estimate of drug-likeness (QED) is 0.0205. The van der Waals surface area contributed by atoms with Gasteiger partial charge in [-0.05, 0) is 93.3 Å². The Labute approximate surface area is 440 Å². The highest BCUT2D eigenvalue weighted by Crippen LogP contribution is 2.48. The van der Waals surface area contributed by atoms with Gasteiger partial charge in [0.2, 0.25) is 5.91 Å². The van der Waals surface area contributed by atoms with Gasteiger partial charge in [-0.1, -0.05) is 99.3 Å². The third-order valence-electron chi connectivity index (χ3n) is 13.2. The Morgan fingerprint density at radius 3 is 2.01 bits per heavy atom. The van der Waals surface area contributed by atoms with Gasteiger partial charge < -0.3 is 47.5 Å². The minimum absolute atomic E-state index is 0.0622. The minimum atomic E-state index is -1.65. The maximum absolute atomic E-state index is 12.0. The Morgan fingerprint density at radius 2 is 1.43 bits per heavy atom. The fraction of sp³-hybridized carbons (Fsp3) is 0.589. The number of methoxy groups -OCH3 is 2. The van der Waals surface area contributed by atoms with Gasteiger partial charge in [0.05, 0.1) is 71.5 Å². The van der Waals surface area contributed by atoms with E-state index in [1.807, 2.05) is 84.5 Å². The van der Waals surface area contributed by atoms with Crippen molar-refractivity contribution >= 4 is 20.4 Å². The molecule has 17 nitrogen and oxygen atoms in total. The number of carbonyl (C=O) groups excluding carboxylic acids is 2. The topological polar surface area (TPSA) is 187 Å². The Hall–Kier alpha value is -5.02. The summed E-state index contributed by atoms with van der Waals surface area (Å²) in [5.74, 6) is 1.08. The number of aryl methyl sites for hydroxylation is 1. The summed E-state index contributed by atoms with van der Waals surface area (Å²) in [5, 5.41) is 21.3. The first kappa shape index (κ1) is 59.9. The molecule has 74 heavy (non-hydrogen) atoms. The van der Waals surface area contributed by atoms with E-state index in [1.54, 1.807) is 14.2 Å². The van der Waals surface area contributed by atoms with Crippen LogP contribution in [0.2, 0.25) is 0 Å². The van der Waals surface area contributed by atoms with Gasteiger partial charge in [0.25, 0.3) is 8.53 Å². The third-order valence-corrected chi connectivity index (χ3v) is 15.4. The van der Waals surface area contributed by atoms with Gasteiger partial charge in [-0.15, -0.1) is 5.10 Å². The first-order valence-electron chi connectivity index (χ1n) is 26.1. The van der Waals surface area contributed by atoms with Crippen molar-refractivity contribution in [2.45, 2.75) is 156 Å². The van der Waals surface area contributed by atoms with Crippen LogP contribution in [0.1, 0.15) is 123 Å². The minimum Gasteiger partial charge on any atom is -0.497 e. The molecule has 0 bridgehead atoms. The number of benzene rings is 3. The molecule has 1 aromatic heterocycles. The molecule has 0 spiro atoms. The Kier molecular flexibility index (Phi) is 25.2. The zero-order chi connectivity index (χ0) is 53.5. The molecule has 1 N–H and O–H groups in total. The lowest BCUT2D eigenvalue weighted by atomic mass is 9.80. The van der Waals surface area contributed by atoms with Crippen LogP contribution in [0.15, 0.2) is 85.1 Å². The zero-order valence-electron chi connectivity index (χ0n) is 45.3. The summed E-state index contributed by atoms with van der Waals surface area (Å²) in [6, 6.07) is 28.0. The van der Waals surface area contributed by atoms with Gasteiger partial charge in [0.1, 0.15) is 35.5 Å². The van der Waals surface area contributed by atoms with E-state index >= 15 is 0 Å². The van der Waals surface area contributed by atoms with Crippen molar-refractivity contribution in [1.29, 1.82) is 5.26 Å². The highest BCUT2D eigenvalue weighted by Gasteiger charge is 2.43. The molecule has 0 aliphatic carbocycles. The van der Waals surface area contributed by atoms with Gasteiger partial charge >= 0.3 is 5.97 Å². The van der Waals surface area contributed by atoms with Gasteiger partial charge in [-0.3, -0.25) is 14.3 Å². The van der Waals surface area contributed by atoms with Crippen LogP contribution in [-0.2, 0) is 61.1 Å². The van der Waals surface area contributed by atoms with E-state index < -0.39 is 26.5 Å². The molecule has 1 saturated heterocycles. The van der Waals surface area contributed by atoms with Crippen LogP contribution in [0, 0.1) is 23.2 Å². The number of nitriles is 1. The molecular formula is C56H81N6O11P. The van der Waals surface area contributed by atoms with Crippen LogP contribution in [-0.4, -0.2) is 115 Å². The van der Waals surface area contributed by atoms with Crippen molar-refractivity contribution in [1.82, 2.24) is 25.0 Å². The van der Waals surface area contributed by atoms with Crippen molar-refractivity contribution in [2.75, 3.05) is 47.3 Å². The average molecular weight is 1050 g/mol. The van der Waals surface area contributed by atoms with E-state index in [-0.39, 0.29) is 87.4 Å². The number of ether oxygens (including phenoxy) is 7. The van der Waals surface area contributed by atoms with Crippen molar-refractivity contribution in [2.24, 2.45) is 11.8 Å². The van der Waals surface area contributed by atoms with E-state index in [2.05, 4.69) is 73.1 Å². The molecule has 1 amide bonds. The lowest BCUT2D eigenvalue weighted by Crippen LogP contribution is -2.58. The van der Waals surface area contributed by atoms with Crippen molar-refractivity contribution < 1.29 is 51.8 Å². The monoisotopic (exact) mass is 1040 g/mol. The molecule has 1 fully saturated rings. The smallest absolute Gasteiger partial charge is 0.302 e. The molecular weight excluding hydrogens is 964 g/mol. The van der Waals surface area contributed by atoms with E-state index in [4.69, 9.17) is 42.2 Å². The summed E-state index contributed by atoms with van der Waals surface area (Å²) in [7, 11) is 1.64. The molecule has 5 rings (SSSR count). The van der Waals surface area contributed by atoms with Crippen molar-refractivity contribution in [3.63, 3.8) is 0 Å². The summed E-state index contributed by atoms with van der Waals surface area (Å²) < 4.78 is 60.0. The first-order chi connectivity index (χ1) is 35.7. The molecule has 406 valence electrons. The fourth-order valence-corrected chi connectivity index (χ4v) is 10.9. The molecule has 4 aromatic rings. The predicted molar refractivity (Wildman–Crippen MR) is 283 cm³/mol. The second-order valence-corrected chi connectivity index (χ2v) is 20.8. The maximum Gasteiger partial charge on any atom is 0.302 e. The predicted octanol–water partition coefficient (Wildman–Crippen LogP) is 9.90. The number of hydrogen-bond donors (Lipinski definition) is 1. The van der Waals surface area contributed by atoms with Crippen LogP contribution >= 0.6 is 8.53 Å². The van der Waals surface area contributed by atoms with Crippen molar-refractivity contribution in [3.8, 4) is 17.6 Å². The van der Waals surface area contributed by atoms with Crippen molar-refractivity contribution in [3.05, 3.63) is 107 Å². The van der Waals surface area contributed by atoms with Crippen LogP contribution in [0.5, 0.6) is 11.5 Å². The number of nitrogens with zero attached hydrogens (tertiary/aromatic N) is 5. The molecule has 0 radical (unpaired) electrons. The molecule has 1 aliphatic rings. The number of unbranched alkanes of at least 4 members (excludes halogenated alkanes) is 5. The SMILES string of the molecule is COc1ccc(C(OC[C@H](COCc2cn(CCCCCCCCOC3OC(COC(C)=O)C(C)C(C)C3NC(C)=O)nn2)OP(OCCC#N)N(C(C)C)C(C)C)(c2ccccc2)c2ccc(OC)cc2)cc1. The van der Waals surface area contributed by atoms with Gasteiger partial charge in [0.15, 0.2) is 6.29 Å².